The van der Waals surface area contributed by atoms with Crippen LogP contribution in [0.15, 0.2) is 0 Å². The summed E-state index contributed by atoms with van der Waals surface area (Å²) in [6, 6.07) is 0. The van der Waals surface area contributed by atoms with E-state index in [1.54, 1.807) is 0 Å². The Kier molecular flexibility index (Phi) is 5.45. The van der Waals surface area contributed by atoms with E-state index in [2.05, 4.69) is 22.4 Å². The molecule has 0 spiro atoms. The first-order valence-electron chi connectivity index (χ1n) is 5.75. The summed E-state index contributed by atoms with van der Waals surface area (Å²) in [7, 11) is 0. The fraction of sp³-hybridized carbons (Fsp3) is 0.800. The summed E-state index contributed by atoms with van der Waals surface area (Å²) >= 11 is 0. The van der Waals surface area contributed by atoms with Crippen LogP contribution in [-0.2, 0) is 6.54 Å². The van der Waals surface area contributed by atoms with E-state index in [0.29, 0.717) is 6.54 Å². The van der Waals surface area contributed by atoms with E-state index in [1.807, 2.05) is 0 Å². The Labute approximate surface area is 94.7 Å². The highest BCUT2D eigenvalue weighted by atomic mass is 16.4. The first-order valence-corrected chi connectivity index (χ1v) is 5.75. The van der Waals surface area contributed by atoms with Crippen molar-refractivity contribution in [2.75, 3.05) is 0 Å². The minimum atomic E-state index is -1.07. The van der Waals surface area contributed by atoms with E-state index in [1.165, 1.54) is 30.4 Å². The topological polar surface area (TPSA) is 80.9 Å². The Bertz CT molecular complexity index is 324. The second-order valence-corrected chi connectivity index (χ2v) is 3.80. The van der Waals surface area contributed by atoms with Gasteiger partial charge in [-0.3, -0.25) is 0 Å². The van der Waals surface area contributed by atoms with E-state index in [9.17, 15) is 4.79 Å². The lowest BCUT2D eigenvalue weighted by Crippen LogP contribution is -2.11. The van der Waals surface area contributed by atoms with Gasteiger partial charge in [-0.05, 0) is 16.8 Å². The molecule has 0 amide bonds. The second-order valence-electron chi connectivity index (χ2n) is 3.80. The Hall–Kier alpha value is -1.46. The zero-order valence-corrected chi connectivity index (χ0v) is 9.59. The number of rotatable bonds is 8. The van der Waals surface area contributed by atoms with Gasteiger partial charge in [0, 0.05) is 6.54 Å². The van der Waals surface area contributed by atoms with Crippen LogP contribution in [0.3, 0.4) is 0 Å². The average molecular weight is 226 g/mol. The molecule has 0 atom stereocenters. The van der Waals surface area contributed by atoms with E-state index in [4.69, 9.17) is 5.11 Å². The molecule has 1 aromatic rings. The van der Waals surface area contributed by atoms with Gasteiger partial charge in [-0.1, -0.05) is 39.0 Å². The highest BCUT2D eigenvalue weighted by Crippen LogP contribution is 2.06. The van der Waals surface area contributed by atoms with Gasteiger partial charge < -0.3 is 5.11 Å². The SMILES string of the molecule is CCCCCCCCn1nnnc1C(=O)O. The van der Waals surface area contributed by atoms with E-state index in [0.717, 1.165) is 12.8 Å². The summed E-state index contributed by atoms with van der Waals surface area (Å²) in [5.41, 5.74) is 0. The van der Waals surface area contributed by atoms with E-state index >= 15 is 0 Å². The number of carbonyl (C=O) groups is 1. The Balaban J connectivity index is 2.21. The fourth-order valence-corrected chi connectivity index (χ4v) is 1.55. The van der Waals surface area contributed by atoms with Crippen molar-refractivity contribution in [2.45, 2.75) is 52.0 Å². The molecule has 1 rings (SSSR count). The average Bonchev–Trinajstić information content (AvgIpc) is 2.71. The van der Waals surface area contributed by atoms with Crippen LogP contribution in [-0.4, -0.2) is 31.3 Å². The molecule has 6 heteroatoms. The van der Waals surface area contributed by atoms with Gasteiger partial charge >= 0.3 is 5.97 Å². The van der Waals surface area contributed by atoms with E-state index < -0.39 is 5.97 Å². The van der Waals surface area contributed by atoms with Gasteiger partial charge in [0.1, 0.15) is 0 Å². The molecule has 0 radical (unpaired) electrons. The van der Waals surface area contributed by atoms with Crippen LogP contribution in [0.1, 0.15) is 56.1 Å². The molecule has 0 saturated heterocycles. The molecule has 90 valence electrons. The number of aryl methyl sites for hydroxylation is 1. The van der Waals surface area contributed by atoms with Crippen LogP contribution < -0.4 is 0 Å². The van der Waals surface area contributed by atoms with Crippen LogP contribution >= 0.6 is 0 Å². The molecule has 0 unspecified atom stereocenters. The molecular weight excluding hydrogens is 208 g/mol. The number of aromatic carboxylic acids is 1. The highest BCUT2D eigenvalue weighted by Gasteiger charge is 2.12. The van der Waals surface area contributed by atoms with Gasteiger partial charge in [0.25, 0.3) is 5.82 Å². The molecule has 1 N–H and O–H groups in total. The van der Waals surface area contributed by atoms with Crippen LogP contribution in [0.4, 0.5) is 0 Å². The molecule has 16 heavy (non-hydrogen) atoms. The van der Waals surface area contributed by atoms with Gasteiger partial charge in [0.15, 0.2) is 0 Å². The molecular formula is C10H18N4O2. The molecule has 0 aliphatic rings. The smallest absolute Gasteiger partial charge is 0.375 e. The van der Waals surface area contributed by atoms with Crippen molar-refractivity contribution < 1.29 is 9.90 Å². The van der Waals surface area contributed by atoms with Gasteiger partial charge in [0.05, 0.1) is 0 Å². The molecule has 1 heterocycles. The monoisotopic (exact) mass is 226 g/mol. The van der Waals surface area contributed by atoms with Gasteiger partial charge in [-0.25, -0.2) is 9.48 Å². The third-order valence-electron chi connectivity index (χ3n) is 2.45. The quantitative estimate of drug-likeness (QED) is 0.683. The number of carboxylic acids is 1. The lowest BCUT2D eigenvalue weighted by atomic mass is 10.1. The van der Waals surface area contributed by atoms with Crippen molar-refractivity contribution in [3.8, 4) is 0 Å². The van der Waals surface area contributed by atoms with Crippen molar-refractivity contribution in [3.63, 3.8) is 0 Å². The van der Waals surface area contributed by atoms with E-state index in [-0.39, 0.29) is 5.82 Å². The number of nitrogens with zero attached hydrogens (tertiary/aromatic N) is 4. The van der Waals surface area contributed by atoms with Gasteiger partial charge in [0.2, 0.25) is 0 Å². The number of carboxylic acid groups (broad SMARTS) is 1. The van der Waals surface area contributed by atoms with Crippen molar-refractivity contribution in [3.05, 3.63) is 5.82 Å². The summed E-state index contributed by atoms with van der Waals surface area (Å²) in [5, 5.41) is 19.2. The van der Waals surface area contributed by atoms with Gasteiger partial charge in [-0.2, -0.15) is 0 Å². The Morgan fingerprint density at radius 2 is 1.94 bits per heavy atom. The summed E-state index contributed by atoms with van der Waals surface area (Å²) in [5.74, 6) is -1.15. The van der Waals surface area contributed by atoms with Crippen molar-refractivity contribution >= 4 is 5.97 Å². The maximum atomic E-state index is 10.7. The summed E-state index contributed by atoms with van der Waals surface area (Å²) in [6.45, 7) is 2.76. The predicted octanol–water partition coefficient (Wildman–Crippen LogP) is 1.73. The second kappa shape index (κ2) is 6.92. The third kappa shape index (κ3) is 3.96. The maximum Gasteiger partial charge on any atom is 0.375 e. The normalized spacial score (nSPS) is 10.6. The number of aromatic nitrogens is 4. The Morgan fingerprint density at radius 1 is 1.25 bits per heavy atom. The minimum absolute atomic E-state index is 0.0754. The first-order chi connectivity index (χ1) is 7.75. The lowest BCUT2D eigenvalue weighted by molar-refractivity contribution is 0.0676. The number of tetrazole rings is 1. The summed E-state index contributed by atoms with van der Waals surface area (Å²) < 4.78 is 1.35. The van der Waals surface area contributed by atoms with Crippen LogP contribution in [0.5, 0.6) is 0 Å². The zero-order valence-electron chi connectivity index (χ0n) is 9.59. The molecule has 0 aromatic carbocycles. The molecule has 0 fully saturated rings. The zero-order chi connectivity index (χ0) is 11.8. The third-order valence-corrected chi connectivity index (χ3v) is 2.45. The summed E-state index contributed by atoms with van der Waals surface area (Å²) in [4.78, 5) is 10.7. The Morgan fingerprint density at radius 3 is 2.62 bits per heavy atom. The number of hydrogen-bond donors (Lipinski definition) is 1. The lowest BCUT2D eigenvalue weighted by Gasteiger charge is -2.01. The molecule has 6 nitrogen and oxygen atoms in total. The largest absolute Gasteiger partial charge is 0.475 e. The molecule has 0 aliphatic carbocycles. The van der Waals surface area contributed by atoms with Crippen molar-refractivity contribution in [1.82, 2.24) is 20.2 Å². The van der Waals surface area contributed by atoms with Gasteiger partial charge in [-0.15, -0.1) is 5.10 Å². The first kappa shape index (κ1) is 12.6. The number of unbranched alkanes of at least 4 members (excludes halogenated alkanes) is 5. The predicted molar refractivity (Wildman–Crippen MR) is 58.2 cm³/mol. The fourth-order valence-electron chi connectivity index (χ4n) is 1.55. The van der Waals surface area contributed by atoms with Crippen LogP contribution in [0.25, 0.3) is 0 Å². The molecule has 1 aromatic heterocycles. The van der Waals surface area contributed by atoms with Crippen LogP contribution in [0, 0.1) is 0 Å². The number of hydrogen-bond acceptors (Lipinski definition) is 4. The van der Waals surface area contributed by atoms with Crippen LogP contribution in [0.2, 0.25) is 0 Å². The molecule has 0 saturated carbocycles. The minimum Gasteiger partial charge on any atom is -0.475 e. The van der Waals surface area contributed by atoms with Crippen molar-refractivity contribution in [1.29, 1.82) is 0 Å². The molecule has 0 bridgehead atoms. The standard InChI is InChI=1S/C10H18N4O2/c1-2-3-4-5-6-7-8-14-9(10(15)16)11-12-13-14/h2-8H2,1H3,(H,15,16). The maximum absolute atomic E-state index is 10.7. The highest BCUT2D eigenvalue weighted by molar-refractivity contribution is 5.82. The summed E-state index contributed by atoms with van der Waals surface area (Å²) in [6.07, 6.45) is 6.96. The van der Waals surface area contributed by atoms with Crippen molar-refractivity contribution in [2.24, 2.45) is 0 Å². The molecule has 0 aliphatic heterocycles.